The lowest BCUT2D eigenvalue weighted by Crippen LogP contribution is -2.48. The van der Waals surface area contributed by atoms with Gasteiger partial charge in [-0.25, -0.2) is 9.78 Å². The van der Waals surface area contributed by atoms with Crippen LogP contribution in [0, 0.1) is 13.8 Å². The van der Waals surface area contributed by atoms with Crippen LogP contribution in [-0.4, -0.2) is 28.3 Å². The molecule has 0 saturated heterocycles. The largest absolute Gasteiger partial charge is 0.444 e. The first-order chi connectivity index (χ1) is 11.4. The van der Waals surface area contributed by atoms with Gasteiger partial charge in [0.15, 0.2) is 0 Å². The fourth-order valence-electron chi connectivity index (χ4n) is 2.42. The monoisotopic (exact) mass is 331 g/mol. The molecule has 2 aromatic rings. The molecule has 130 valence electrons. The van der Waals surface area contributed by atoms with E-state index >= 15 is 0 Å². The van der Waals surface area contributed by atoms with Crippen LogP contribution < -0.4 is 10.6 Å². The lowest BCUT2D eigenvalue weighted by Gasteiger charge is -2.29. The molecule has 1 unspecified atom stereocenters. The number of hydrogen-bond donors (Lipinski definition) is 3. The molecule has 1 aromatic carbocycles. The van der Waals surface area contributed by atoms with Gasteiger partial charge in [-0.2, -0.15) is 0 Å². The molecule has 1 aromatic heterocycles. The molecular weight excluding hydrogens is 306 g/mol. The van der Waals surface area contributed by atoms with Crippen molar-refractivity contribution in [3.63, 3.8) is 0 Å². The average Bonchev–Trinajstić information content (AvgIpc) is 2.95. The Hall–Kier alpha value is -2.34. The highest BCUT2D eigenvalue weighted by molar-refractivity contribution is 5.90. The van der Waals surface area contributed by atoms with Crippen LogP contribution in [0.2, 0.25) is 0 Å². The van der Waals surface area contributed by atoms with E-state index < -0.39 is 5.54 Å². The third-order valence-electron chi connectivity index (χ3n) is 4.20. The molecule has 0 saturated carbocycles. The van der Waals surface area contributed by atoms with Crippen molar-refractivity contribution in [3.8, 4) is 11.5 Å². The van der Waals surface area contributed by atoms with E-state index in [1.807, 2.05) is 45.9 Å². The Kier molecular flexibility index (Phi) is 5.62. The second-order valence-electron chi connectivity index (χ2n) is 6.29. The number of nitrogens with one attached hydrogen (secondary N) is 2. The topological polar surface area (TPSA) is 87.4 Å². The van der Waals surface area contributed by atoms with Gasteiger partial charge in [-0.15, -0.1) is 0 Å². The molecule has 0 radical (unpaired) electrons. The minimum absolute atomic E-state index is 0.0306. The zero-order valence-corrected chi connectivity index (χ0v) is 14.6. The van der Waals surface area contributed by atoms with E-state index in [0.717, 1.165) is 23.2 Å². The molecule has 6 heteroatoms. The molecule has 0 fully saturated rings. The number of nitrogens with zero attached hydrogens (tertiary/aromatic N) is 1. The maximum Gasteiger partial charge on any atom is 0.319 e. The molecule has 0 spiro atoms. The number of carbonyl (C=O) groups is 1. The highest BCUT2D eigenvalue weighted by Crippen LogP contribution is 2.26. The number of benzene rings is 1. The van der Waals surface area contributed by atoms with E-state index in [0.29, 0.717) is 18.0 Å². The normalized spacial score (nSPS) is 13.4. The van der Waals surface area contributed by atoms with E-state index in [4.69, 9.17) is 9.52 Å². The SMILES string of the molecule is CCC(C)(CCO)NC(=O)Nc1ccc(C)c(-c2nc(C)co2)c1. The highest BCUT2D eigenvalue weighted by atomic mass is 16.3. The Morgan fingerprint density at radius 2 is 2.12 bits per heavy atom. The molecule has 24 heavy (non-hydrogen) atoms. The van der Waals surface area contributed by atoms with Gasteiger partial charge in [-0.05, 0) is 51.3 Å². The second kappa shape index (κ2) is 7.49. The lowest BCUT2D eigenvalue weighted by atomic mass is 9.95. The van der Waals surface area contributed by atoms with Gasteiger partial charge in [0.1, 0.15) is 6.26 Å². The average molecular weight is 331 g/mol. The Bertz CT molecular complexity index is 711. The molecule has 6 nitrogen and oxygen atoms in total. The first kappa shape index (κ1) is 18.0. The fraction of sp³-hybridized carbons (Fsp3) is 0.444. The Labute approximate surface area is 142 Å². The number of rotatable bonds is 6. The summed E-state index contributed by atoms with van der Waals surface area (Å²) >= 11 is 0. The van der Waals surface area contributed by atoms with E-state index in [1.165, 1.54) is 0 Å². The molecule has 1 atom stereocenters. The molecule has 0 aliphatic carbocycles. The van der Waals surface area contributed by atoms with Crippen molar-refractivity contribution < 1.29 is 14.3 Å². The van der Waals surface area contributed by atoms with Gasteiger partial charge < -0.3 is 20.2 Å². The van der Waals surface area contributed by atoms with E-state index in [-0.39, 0.29) is 12.6 Å². The number of hydrogen-bond acceptors (Lipinski definition) is 4. The van der Waals surface area contributed by atoms with Crippen LogP contribution in [0.1, 0.15) is 37.9 Å². The Morgan fingerprint density at radius 3 is 2.71 bits per heavy atom. The standard InChI is InChI=1S/C18H25N3O3/c1-5-18(4,8-9-22)21-17(23)20-14-7-6-12(2)15(10-14)16-19-13(3)11-24-16/h6-7,10-11,22H,5,8-9H2,1-4H3,(H2,20,21,23). The second-order valence-corrected chi connectivity index (χ2v) is 6.29. The minimum atomic E-state index is -0.438. The first-order valence-corrected chi connectivity index (χ1v) is 8.10. The van der Waals surface area contributed by atoms with E-state index in [9.17, 15) is 4.79 Å². The number of aliphatic hydroxyl groups is 1. The number of anilines is 1. The number of oxazole rings is 1. The van der Waals surface area contributed by atoms with E-state index in [2.05, 4.69) is 15.6 Å². The lowest BCUT2D eigenvalue weighted by molar-refractivity contribution is 0.208. The fourth-order valence-corrected chi connectivity index (χ4v) is 2.42. The number of amides is 2. The van der Waals surface area contributed by atoms with Gasteiger partial charge in [-0.3, -0.25) is 0 Å². The summed E-state index contributed by atoms with van der Waals surface area (Å²) in [6.45, 7) is 7.76. The molecule has 0 bridgehead atoms. The predicted molar refractivity (Wildman–Crippen MR) is 94.0 cm³/mol. The maximum atomic E-state index is 12.3. The van der Waals surface area contributed by atoms with Crippen molar-refractivity contribution in [3.05, 3.63) is 35.7 Å². The Balaban J connectivity index is 2.14. The first-order valence-electron chi connectivity index (χ1n) is 8.10. The minimum Gasteiger partial charge on any atom is -0.444 e. The summed E-state index contributed by atoms with van der Waals surface area (Å²) < 4.78 is 5.45. The van der Waals surface area contributed by atoms with Crippen molar-refractivity contribution in [2.45, 2.75) is 46.1 Å². The maximum absolute atomic E-state index is 12.3. The third kappa shape index (κ3) is 4.35. The summed E-state index contributed by atoms with van der Waals surface area (Å²) in [4.78, 5) is 16.6. The predicted octanol–water partition coefficient (Wildman–Crippen LogP) is 3.63. The number of carbonyl (C=O) groups excluding carboxylic acids is 1. The third-order valence-corrected chi connectivity index (χ3v) is 4.20. The molecule has 2 rings (SSSR count). The molecule has 2 amide bonds. The summed E-state index contributed by atoms with van der Waals surface area (Å²) in [5.41, 5.74) is 2.89. The summed E-state index contributed by atoms with van der Waals surface area (Å²) in [5.74, 6) is 0.535. The van der Waals surface area contributed by atoms with Crippen LogP contribution in [0.5, 0.6) is 0 Å². The molecule has 1 heterocycles. The van der Waals surface area contributed by atoms with Crippen molar-refractivity contribution >= 4 is 11.7 Å². The quantitative estimate of drug-likeness (QED) is 0.754. The van der Waals surface area contributed by atoms with Gasteiger partial charge in [-0.1, -0.05) is 13.0 Å². The van der Waals surface area contributed by atoms with Crippen molar-refractivity contribution in [1.82, 2.24) is 10.3 Å². The van der Waals surface area contributed by atoms with Crippen molar-refractivity contribution in [2.24, 2.45) is 0 Å². The van der Waals surface area contributed by atoms with Crippen LogP contribution in [0.15, 0.2) is 28.9 Å². The number of aromatic nitrogens is 1. The summed E-state index contributed by atoms with van der Waals surface area (Å²) in [5, 5.41) is 14.9. The summed E-state index contributed by atoms with van der Waals surface area (Å²) in [7, 11) is 0. The number of urea groups is 1. The van der Waals surface area contributed by atoms with Crippen molar-refractivity contribution in [2.75, 3.05) is 11.9 Å². The van der Waals surface area contributed by atoms with Gasteiger partial charge in [0, 0.05) is 23.4 Å². The molecule has 0 aliphatic heterocycles. The van der Waals surface area contributed by atoms with Gasteiger partial charge >= 0.3 is 6.03 Å². The zero-order chi connectivity index (χ0) is 17.7. The highest BCUT2D eigenvalue weighted by Gasteiger charge is 2.23. The van der Waals surface area contributed by atoms with Crippen LogP contribution >= 0.6 is 0 Å². The van der Waals surface area contributed by atoms with Gasteiger partial charge in [0.2, 0.25) is 5.89 Å². The number of aliphatic hydroxyl groups excluding tert-OH is 1. The van der Waals surface area contributed by atoms with Crippen LogP contribution in [0.4, 0.5) is 10.5 Å². The zero-order valence-electron chi connectivity index (χ0n) is 14.6. The molecule has 0 aliphatic rings. The van der Waals surface area contributed by atoms with E-state index in [1.54, 1.807) is 6.26 Å². The van der Waals surface area contributed by atoms with Gasteiger partial charge in [0.25, 0.3) is 0 Å². The molecule has 3 N–H and O–H groups in total. The summed E-state index contributed by atoms with van der Waals surface area (Å²) in [6, 6.07) is 5.29. The smallest absolute Gasteiger partial charge is 0.319 e. The summed E-state index contributed by atoms with van der Waals surface area (Å²) in [6.07, 6.45) is 2.84. The van der Waals surface area contributed by atoms with Crippen molar-refractivity contribution in [1.29, 1.82) is 0 Å². The molecular formula is C18H25N3O3. The Morgan fingerprint density at radius 1 is 1.38 bits per heavy atom. The van der Waals surface area contributed by atoms with Gasteiger partial charge in [0.05, 0.1) is 5.69 Å². The van der Waals surface area contributed by atoms with Crippen LogP contribution in [-0.2, 0) is 0 Å². The van der Waals surface area contributed by atoms with Crippen LogP contribution in [0.25, 0.3) is 11.5 Å². The van der Waals surface area contributed by atoms with Crippen LogP contribution in [0.3, 0.4) is 0 Å². The number of aryl methyl sites for hydroxylation is 2.